The molecule has 1 atom stereocenters. The number of fused-ring (bicyclic) bond motifs is 1. The predicted octanol–water partition coefficient (Wildman–Crippen LogP) is 4.01. The van der Waals surface area contributed by atoms with Crippen LogP contribution in [0.15, 0.2) is 72.9 Å². The minimum absolute atomic E-state index is 0.163. The lowest BCUT2D eigenvalue weighted by Crippen LogP contribution is -2.47. The number of carbonyl (C=O) groups is 1. The third-order valence-corrected chi connectivity index (χ3v) is 5.31. The van der Waals surface area contributed by atoms with Gasteiger partial charge in [-0.15, -0.1) is 0 Å². The molecule has 30 heavy (non-hydrogen) atoms. The van der Waals surface area contributed by atoms with Gasteiger partial charge in [0.05, 0.1) is 17.7 Å². The van der Waals surface area contributed by atoms with Gasteiger partial charge in [-0.3, -0.25) is 10.1 Å². The van der Waals surface area contributed by atoms with E-state index in [1.165, 1.54) is 6.20 Å². The monoisotopic (exact) mass is 425 g/mol. The van der Waals surface area contributed by atoms with Crippen molar-refractivity contribution >= 4 is 17.7 Å². The van der Waals surface area contributed by atoms with Gasteiger partial charge in [-0.1, -0.05) is 60.7 Å². The van der Waals surface area contributed by atoms with Crippen molar-refractivity contribution in [2.75, 3.05) is 6.61 Å². The van der Waals surface area contributed by atoms with Gasteiger partial charge in [-0.05, 0) is 22.7 Å². The van der Waals surface area contributed by atoms with Crippen LogP contribution < -0.4 is 9.47 Å². The molecule has 2 aromatic carbocycles. The largest absolute Gasteiger partial charge is 0.491 e. The van der Waals surface area contributed by atoms with Crippen LogP contribution in [-0.2, 0) is 24.3 Å². The van der Waals surface area contributed by atoms with Crippen molar-refractivity contribution in [2.24, 2.45) is 0 Å². The van der Waals surface area contributed by atoms with E-state index in [-0.39, 0.29) is 17.8 Å². The Hall–Kier alpha value is -3.25. The van der Waals surface area contributed by atoms with Crippen molar-refractivity contribution in [2.45, 2.75) is 25.6 Å². The van der Waals surface area contributed by atoms with Crippen molar-refractivity contribution < 1.29 is 24.2 Å². The van der Waals surface area contributed by atoms with Crippen molar-refractivity contribution in [1.29, 1.82) is 0 Å². The van der Waals surface area contributed by atoms with Crippen LogP contribution in [0.25, 0.3) is 0 Å². The van der Waals surface area contributed by atoms with Crippen molar-refractivity contribution in [3.63, 3.8) is 0 Å². The Kier molecular flexibility index (Phi) is 6.05. The maximum atomic E-state index is 13.0. The molecule has 154 valence electrons. The Labute approximate surface area is 179 Å². The second kappa shape index (κ2) is 9.05. The molecule has 1 amide bonds. The molecule has 0 radical (unpaired) electrons. The summed E-state index contributed by atoms with van der Waals surface area (Å²) in [6, 6.07) is 20.6. The van der Waals surface area contributed by atoms with E-state index in [4.69, 9.17) is 21.1 Å². The van der Waals surface area contributed by atoms with Crippen LogP contribution >= 0.6 is 11.6 Å². The highest BCUT2D eigenvalue weighted by Gasteiger charge is 2.32. The van der Waals surface area contributed by atoms with Gasteiger partial charge in [0.2, 0.25) is 6.20 Å². The van der Waals surface area contributed by atoms with Crippen LogP contribution in [0.1, 0.15) is 16.7 Å². The molecular formula is C23H22ClN2O4+. The van der Waals surface area contributed by atoms with E-state index in [1.54, 1.807) is 11.0 Å². The van der Waals surface area contributed by atoms with Crippen LogP contribution in [0.5, 0.6) is 5.75 Å². The Balaban J connectivity index is 1.53. The molecule has 1 aliphatic rings. The SMILES string of the molecule is O=C(OCc1ccccc1)N(Cc1ccccc1)[C@H]1COc2cc(Cl)[n+](O)cc2C1. The third-order valence-electron chi connectivity index (χ3n) is 5.03. The summed E-state index contributed by atoms with van der Waals surface area (Å²) in [4.78, 5) is 14.7. The highest BCUT2D eigenvalue weighted by atomic mass is 35.5. The Bertz CT molecular complexity index is 1010. The van der Waals surface area contributed by atoms with E-state index in [2.05, 4.69) is 0 Å². The summed E-state index contributed by atoms with van der Waals surface area (Å²) in [5, 5.41) is 10.0. The van der Waals surface area contributed by atoms with Gasteiger partial charge in [0.15, 0.2) is 0 Å². The van der Waals surface area contributed by atoms with Crippen LogP contribution in [0.2, 0.25) is 5.15 Å². The lowest BCUT2D eigenvalue weighted by Gasteiger charge is -2.34. The molecule has 2 heterocycles. The van der Waals surface area contributed by atoms with E-state index in [0.717, 1.165) is 21.4 Å². The van der Waals surface area contributed by atoms with E-state index in [9.17, 15) is 10.0 Å². The highest BCUT2D eigenvalue weighted by molar-refractivity contribution is 6.28. The van der Waals surface area contributed by atoms with Crippen LogP contribution in [-0.4, -0.2) is 28.8 Å². The van der Waals surface area contributed by atoms with Gasteiger partial charge < -0.3 is 9.47 Å². The van der Waals surface area contributed by atoms with Gasteiger partial charge >= 0.3 is 11.2 Å². The maximum Gasteiger partial charge on any atom is 0.410 e. The number of benzene rings is 2. The van der Waals surface area contributed by atoms with Crippen molar-refractivity contribution in [3.05, 3.63) is 94.8 Å². The number of carbonyl (C=O) groups excluding carboxylic acids is 1. The topological polar surface area (TPSA) is 62.9 Å². The minimum atomic E-state index is -0.411. The average Bonchev–Trinajstić information content (AvgIpc) is 2.78. The lowest BCUT2D eigenvalue weighted by atomic mass is 10.0. The summed E-state index contributed by atoms with van der Waals surface area (Å²) in [5.74, 6) is 0.610. The molecule has 0 spiro atoms. The summed E-state index contributed by atoms with van der Waals surface area (Å²) in [7, 11) is 0. The number of hydrogen-bond donors (Lipinski definition) is 1. The molecule has 0 saturated carbocycles. The molecule has 7 heteroatoms. The number of rotatable bonds is 5. The zero-order chi connectivity index (χ0) is 20.9. The summed E-state index contributed by atoms with van der Waals surface area (Å²) in [6.07, 6.45) is 1.62. The fourth-order valence-corrected chi connectivity index (χ4v) is 3.60. The first kappa shape index (κ1) is 20.0. The van der Waals surface area contributed by atoms with E-state index in [0.29, 0.717) is 25.3 Å². The number of nitrogens with zero attached hydrogens (tertiary/aromatic N) is 2. The molecule has 0 bridgehead atoms. The number of aromatic nitrogens is 1. The molecule has 1 N–H and O–H groups in total. The summed E-state index contributed by atoms with van der Waals surface area (Å²) in [6.45, 7) is 0.901. The average molecular weight is 426 g/mol. The number of hydrogen-bond acceptors (Lipinski definition) is 4. The van der Waals surface area contributed by atoms with Gasteiger partial charge in [0.25, 0.3) is 0 Å². The van der Waals surface area contributed by atoms with E-state index >= 15 is 0 Å². The third kappa shape index (κ3) is 4.66. The molecule has 0 saturated heterocycles. The Morgan fingerprint density at radius 3 is 2.50 bits per heavy atom. The zero-order valence-electron chi connectivity index (χ0n) is 16.3. The molecule has 1 aliphatic heterocycles. The Morgan fingerprint density at radius 2 is 1.80 bits per heavy atom. The van der Waals surface area contributed by atoms with Crippen molar-refractivity contribution in [1.82, 2.24) is 4.90 Å². The normalized spacial score (nSPS) is 15.0. The molecule has 6 nitrogen and oxygen atoms in total. The number of ether oxygens (including phenoxy) is 2. The lowest BCUT2D eigenvalue weighted by molar-refractivity contribution is -0.903. The van der Waals surface area contributed by atoms with Crippen LogP contribution in [0.4, 0.5) is 4.79 Å². The molecule has 0 unspecified atom stereocenters. The molecule has 4 rings (SSSR count). The second-order valence-electron chi connectivity index (χ2n) is 7.15. The summed E-state index contributed by atoms with van der Waals surface area (Å²) in [5.41, 5.74) is 2.69. The van der Waals surface area contributed by atoms with E-state index in [1.807, 2.05) is 60.7 Å². The molecule has 0 aliphatic carbocycles. The molecular weight excluding hydrogens is 404 g/mol. The molecule has 0 fully saturated rings. The predicted molar refractivity (Wildman–Crippen MR) is 110 cm³/mol. The van der Waals surface area contributed by atoms with E-state index < -0.39 is 6.09 Å². The second-order valence-corrected chi connectivity index (χ2v) is 7.54. The molecule has 3 aromatic rings. The van der Waals surface area contributed by atoms with Crippen LogP contribution in [0.3, 0.4) is 0 Å². The Morgan fingerprint density at radius 1 is 1.13 bits per heavy atom. The zero-order valence-corrected chi connectivity index (χ0v) is 17.0. The van der Waals surface area contributed by atoms with Gasteiger partial charge in [-0.25, -0.2) is 4.79 Å². The quantitative estimate of drug-likeness (QED) is 0.381. The van der Waals surface area contributed by atoms with Crippen LogP contribution in [0, 0.1) is 0 Å². The van der Waals surface area contributed by atoms with Crippen molar-refractivity contribution in [3.8, 4) is 5.75 Å². The van der Waals surface area contributed by atoms with Gasteiger partial charge in [0.1, 0.15) is 19.0 Å². The maximum absolute atomic E-state index is 13.0. The summed E-state index contributed by atoms with van der Waals surface area (Å²) < 4.78 is 12.3. The number of amides is 1. The molecule has 1 aromatic heterocycles. The number of halogens is 1. The fourth-order valence-electron chi connectivity index (χ4n) is 3.45. The first-order valence-electron chi connectivity index (χ1n) is 9.67. The minimum Gasteiger partial charge on any atom is -0.491 e. The fraction of sp³-hybridized carbons (Fsp3) is 0.217. The standard InChI is InChI=1S/C23H22ClN2O4/c24-22-12-21-19(14-26(22)28)11-20(16-29-21)25(13-17-7-3-1-4-8-17)23(27)30-15-18-9-5-2-6-10-18/h1-10,12,14,20,28H,11,13,15-16H2/q+1/t20-/m1/s1. The number of pyridine rings is 1. The smallest absolute Gasteiger partial charge is 0.410 e. The van der Waals surface area contributed by atoms with Gasteiger partial charge in [0, 0.05) is 17.7 Å². The first-order valence-corrected chi connectivity index (χ1v) is 10.1. The first-order chi connectivity index (χ1) is 14.6. The highest BCUT2D eigenvalue weighted by Crippen LogP contribution is 2.28. The van der Waals surface area contributed by atoms with Gasteiger partial charge in [-0.2, -0.15) is 0 Å². The summed E-state index contributed by atoms with van der Waals surface area (Å²) >= 11 is 5.95.